The molecule has 4 rings (SSSR count). The molecule has 0 radical (unpaired) electrons. The summed E-state index contributed by atoms with van der Waals surface area (Å²) in [6.45, 7) is 8.97. The highest BCUT2D eigenvalue weighted by atomic mass is 32.2. The molecule has 1 unspecified atom stereocenters. The van der Waals surface area contributed by atoms with E-state index in [0.29, 0.717) is 24.1 Å². The molecule has 0 spiro atoms. The van der Waals surface area contributed by atoms with Crippen LogP contribution in [0.5, 0.6) is 16.7 Å². The molecule has 0 aliphatic carbocycles. The minimum atomic E-state index is -0.113. The average molecular weight is 460 g/mol. The maximum atomic E-state index is 12.9. The third-order valence-corrected chi connectivity index (χ3v) is 6.83. The molecule has 3 aromatic rings. The number of nitrogens with zero attached hydrogens (tertiary/aromatic N) is 3. The van der Waals surface area contributed by atoms with E-state index >= 15 is 0 Å². The number of ketones is 1. The van der Waals surface area contributed by atoms with E-state index in [0.717, 1.165) is 32.8 Å². The van der Waals surface area contributed by atoms with Crippen molar-refractivity contribution < 1.29 is 19.0 Å². The zero-order valence-corrected chi connectivity index (χ0v) is 19.6. The topological polar surface area (TPSA) is 75.5 Å². The highest BCUT2D eigenvalue weighted by Crippen LogP contribution is 2.32. The van der Waals surface area contributed by atoms with Crippen LogP contribution in [0.25, 0.3) is 0 Å². The van der Waals surface area contributed by atoms with Crippen LogP contribution in [0.15, 0.2) is 34.7 Å². The van der Waals surface area contributed by atoms with E-state index in [2.05, 4.69) is 14.8 Å². The van der Waals surface area contributed by atoms with Gasteiger partial charge in [0.15, 0.2) is 27.7 Å². The molecule has 9 heteroatoms. The Bertz CT molecular complexity index is 1080. The van der Waals surface area contributed by atoms with Gasteiger partial charge in [0.25, 0.3) is 5.19 Å². The fourth-order valence-electron chi connectivity index (χ4n) is 3.43. The number of hydrogen-bond donors (Lipinski definition) is 0. The second-order valence-corrected chi connectivity index (χ2v) is 9.77. The smallest absolute Gasteiger partial charge is 0.295 e. The van der Waals surface area contributed by atoms with Gasteiger partial charge in [-0.1, -0.05) is 29.0 Å². The van der Waals surface area contributed by atoms with Gasteiger partial charge in [-0.25, -0.2) is 0 Å². The van der Waals surface area contributed by atoms with Crippen molar-refractivity contribution in [2.45, 2.75) is 50.8 Å². The SMILES string of the molecule is Cc1cc(C(=O)CSc2nnc(OC(C)C)s2)c(C)n1CC1COc2ccccc2O1. The van der Waals surface area contributed by atoms with E-state index in [1.165, 1.54) is 23.1 Å². The van der Waals surface area contributed by atoms with Gasteiger partial charge in [-0.05, 0) is 57.2 Å². The summed E-state index contributed by atoms with van der Waals surface area (Å²) in [4.78, 5) is 12.9. The standard InChI is InChI=1S/C22H25N3O4S2/c1-13(2)28-21-23-24-22(31-21)30-12-18(26)17-9-14(3)25(15(17)4)10-16-11-27-19-7-5-6-8-20(19)29-16/h5-9,13,16H,10-12H2,1-4H3. The van der Waals surface area contributed by atoms with Gasteiger partial charge in [0, 0.05) is 17.0 Å². The molecule has 0 N–H and O–H groups in total. The quantitative estimate of drug-likeness (QED) is 0.361. The Labute approximate surface area is 189 Å². The van der Waals surface area contributed by atoms with Crippen LogP contribution in [0.1, 0.15) is 35.6 Å². The Balaban J connectivity index is 1.39. The zero-order valence-electron chi connectivity index (χ0n) is 18.0. The second-order valence-electron chi connectivity index (χ2n) is 7.61. The Morgan fingerprint density at radius 1 is 1.29 bits per heavy atom. The molecule has 7 nitrogen and oxygen atoms in total. The van der Waals surface area contributed by atoms with Gasteiger partial charge in [0.05, 0.1) is 18.4 Å². The molecular formula is C22H25N3O4S2. The lowest BCUT2D eigenvalue weighted by Crippen LogP contribution is -2.33. The molecule has 0 amide bonds. The lowest BCUT2D eigenvalue weighted by Gasteiger charge is -2.27. The Morgan fingerprint density at radius 3 is 2.84 bits per heavy atom. The lowest BCUT2D eigenvalue weighted by atomic mass is 10.2. The normalized spacial score (nSPS) is 15.3. The highest BCUT2D eigenvalue weighted by molar-refractivity contribution is 8.01. The lowest BCUT2D eigenvalue weighted by molar-refractivity contribution is 0.0777. The summed E-state index contributed by atoms with van der Waals surface area (Å²) in [5, 5.41) is 8.63. The number of aryl methyl sites for hydroxylation is 1. The van der Waals surface area contributed by atoms with Crippen molar-refractivity contribution in [3.63, 3.8) is 0 Å². The van der Waals surface area contributed by atoms with E-state index in [1.54, 1.807) is 0 Å². The van der Waals surface area contributed by atoms with Crippen LogP contribution in [0.3, 0.4) is 0 Å². The predicted molar refractivity (Wildman–Crippen MR) is 121 cm³/mol. The van der Waals surface area contributed by atoms with Gasteiger partial charge in [-0.3, -0.25) is 4.79 Å². The van der Waals surface area contributed by atoms with Gasteiger partial charge in [0.2, 0.25) is 0 Å². The van der Waals surface area contributed by atoms with Crippen molar-refractivity contribution in [1.29, 1.82) is 0 Å². The molecule has 3 heterocycles. The average Bonchev–Trinajstić information content (AvgIpc) is 3.30. The molecule has 1 aliphatic heterocycles. The largest absolute Gasteiger partial charge is 0.486 e. The van der Waals surface area contributed by atoms with Crippen LogP contribution in [0.4, 0.5) is 0 Å². The Hall–Kier alpha value is -2.52. The minimum absolute atomic E-state index is 0.0462. The first-order valence-electron chi connectivity index (χ1n) is 10.1. The number of fused-ring (bicyclic) bond motifs is 1. The van der Waals surface area contributed by atoms with Gasteiger partial charge in [-0.2, -0.15) is 0 Å². The van der Waals surface area contributed by atoms with Crippen LogP contribution in [0.2, 0.25) is 0 Å². The number of rotatable bonds is 8. The van der Waals surface area contributed by atoms with Crippen molar-refractivity contribution >= 4 is 28.9 Å². The number of para-hydroxylation sites is 2. The van der Waals surface area contributed by atoms with E-state index in [9.17, 15) is 4.79 Å². The molecule has 0 fully saturated rings. The number of carbonyl (C=O) groups excluding carboxylic acids is 1. The van der Waals surface area contributed by atoms with Crippen LogP contribution >= 0.6 is 23.1 Å². The molecule has 0 bridgehead atoms. The molecule has 1 atom stereocenters. The fraction of sp³-hybridized carbons (Fsp3) is 0.409. The van der Waals surface area contributed by atoms with Crippen LogP contribution in [-0.4, -0.2) is 45.1 Å². The summed E-state index contributed by atoms with van der Waals surface area (Å²) in [7, 11) is 0. The first kappa shape index (κ1) is 21.7. The van der Waals surface area contributed by atoms with Crippen LogP contribution in [0, 0.1) is 13.8 Å². The van der Waals surface area contributed by atoms with E-state index in [4.69, 9.17) is 14.2 Å². The first-order chi connectivity index (χ1) is 14.9. The second kappa shape index (κ2) is 9.32. The monoisotopic (exact) mass is 459 g/mol. The maximum absolute atomic E-state index is 12.9. The number of Topliss-reactive ketones (excluding diaryl/α,β-unsaturated/α-hetero) is 1. The predicted octanol–water partition coefficient (Wildman–Crippen LogP) is 4.56. The Kier molecular flexibility index (Phi) is 6.52. The van der Waals surface area contributed by atoms with Crippen LogP contribution < -0.4 is 14.2 Å². The van der Waals surface area contributed by atoms with E-state index in [1.807, 2.05) is 58.0 Å². The van der Waals surface area contributed by atoms with Crippen molar-refractivity contribution in [2.24, 2.45) is 0 Å². The zero-order chi connectivity index (χ0) is 22.0. The first-order valence-corrected chi connectivity index (χ1v) is 11.9. The summed E-state index contributed by atoms with van der Waals surface area (Å²) >= 11 is 2.74. The summed E-state index contributed by atoms with van der Waals surface area (Å²) in [6.07, 6.45) is -0.0670. The summed E-state index contributed by atoms with van der Waals surface area (Å²) in [6, 6.07) is 9.62. The minimum Gasteiger partial charge on any atom is -0.486 e. The number of benzene rings is 1. The molecule has 31 heavy (non-hydrogen) atoms. The van der Waals surface area contributed by atoms with Crippen LogP contribution in [-0.2, 0) is 6.54 Å². The summed E-state index contributed by atoms with van der Waals surface area (Å²) < 4.78 is 20.3. The van der Waals surface area contributed by atoms with Crippen molar-refractivity contribution in [2.75, 3.05) is 12.4 Å². The van der Waals surface area contributed by atoms with E-state index < -0.39 is 0 Å². The molecular weight excluding hydrogens is 434 g/mol. The van der Waals surface area contributed by atoms with Crippen molar-refractivity contribution in [1.82, 2.24) is 14.8 Å². The van der Waals surface area contributed by atoms with Crippen molar-refractivity contribution in [3.8, 4) is 16.7 Å². The molecule has 1 aliphatic rings. The van der Waals surface area contributed by atoms with Gasteiger partial charge in [-0.15, -0.1) is 5.10 Å². The van der Waals surface area contributed by atoms with E-state index in [-0.39, 0.29) is 18.0 Å². The number of carbonyl (C=O) groups is 1. The molecule has 0 saturated carbocycles. The van der Waals surface area contributed by atoms with Gasteiger partial charge < -0.3 is 18.8 Å². The number of thioether (sulfide) groups is 1. The maximum Gasteiger partial charge on any atom is 0.295 e. The highest BCUT2D eigenvalue weighted by Gasteiger charge is 2.24. The van der Waals surface area contributed by atoms with Gasteiger partial charge in [0.1, 0.15) is 6.61 Å². The molecule has 164 valence electrons. The van der Waals surface area contributed by atoms with Crippen molar-refractivity contribution in [3.05, 3.63) is 47.3 Å². The molecule has 0 saturated heterocycles. The molecule has 1 aromatic carbocycles. The van der Waals surface area contributed by atoms with Gasteiger partial charge >= 0.3 is 0 Å². The third-order valence-electron chi connectivity index (χ3n) is 4.88. The Morgan fingerprint density at radius 2 is 2.06 bits per heavy atom. The molecule has 2 aromatic heterocycles. The number of ether oxygens (including phenoxy) is 3. The number of aromatic nitrogens is 3. The summed E-state index contributed by atoms with van der Waals surface area (Å²) in [5.74, 6) is 1.90. The summed E-state index contributed by atoms with van der Waals surface area (Å²) in [5.41, 5.74) is 2.69. The fourth-order valence-corrected chi connectivity index (χ4v) is 5.12. The third kappa shape index (κ3) is 5.04. The number of hydrogen-bond acceptors (Lipinski definition) is 8.